The topological polar surface area (TPSA) is 58.3 Å². The first-order valence-corrected chi connectivity index (χ1v) is 9.91. The molecule has 1 aliphatic rings. The molecule has 0 aliphatic carbocycles. The van der Waals surface area contributed by atoms with E-state index in [2.05, 4.69) is 39.7 Å². The van der Waals surface area contributed by atoms with Crippen LogP contribution >= 0.6 is 0 Å². The third kappa shape index (κ3) is 4.22. The molecule has 4 rings (SSSR count). The quantitative estimate of drug-likeness (QED) is 0.672. The minimum Gasteiger partial charge on any atom is -0.439 e. The van der Waals surface area contributed by atoms with Gasteiger partial charge in [0.05, 0.1) is 12.7 Å². The average molecular weight is 377 g/mol. The third-order valence-corrected chi connectivity index (χ3v) is 5.04. The second kappa shape index (κ2) is 8.10. The number of aromatic nitrogens is 3. The van der Waals surface area contributed by atoms with Crippen molar-refractivity contribution in [2.75, 3.05) is 31.1 Å². The number of rotatable bonds is 5. The highest BCUT2D eigenvalue weighted by Crippen LogP contribution is 2.22. The number of aryl methyl sites for hydroxylation is 1. The lowest BCUT2D eigenvalue weighted by atomic mass is 10.2. The summed E-state index contributed by atoms with van der Waals surface area (Å²) < 4.78 is 5.95. The summed E-state index contributed by atoms with van der Waals surface area (Å²) in [5, 5.41) is 0. The first-order valence-electron chi connectivity index (χ1n) is 9.91. The second-order valence-corrected chi connectivity index (χ2v) is 7.63. The number of oxazole rings is 1. The molecule has 0 saturated carbocycles. The molecule has 1 saturated heterocycles. The molecule has 0 bridgehead atoms. The van der Waals surface area contributed by atoms with Crippen molar-refractivity contribution in [1.29, 1.82) is 0 Å². The molecule has 1 aromatic carbocycles. The molecule has 3 aromatic rings. The average Bonchev–Trinajstić information content (AvgIpc) is 3.17. The summed E-state index contributed by atoms with van der Waals surface area (Å²) in [6, 6.07) is 12.2. The minimum atomic E-state index is 0.337. The van der Waals surface area contributed by atoms with E-state index in [1.165, 1.54) is 0 Å². The lowest BCUT2D eigenvalue weighted by molar-refractivity contribution is 0.226. The molecular formula is C22H27N5O. The van der Waals surface area contributed by atoms with Gasteiger partial charge in [-0.2, -0.15) is 0 Å². The monoisotopic (exact) mass is 377 g/mol. The van der Waals surface area contributed by atoms with Gasteiger partial charge in [-0.25, -0.2) is 15.0 Å². The Kier molecular flexibility index (Phi) is 5.39. The predicted molar refractivity (Wildman–Crippen MR) is 110 cm³/mol. The molecule has 0 radical (unpaired) electrons. The Balaban J connectivity index is 1.37. The smallest absolute Gasteiger partial charge is 0.209 e. The van der Waals surface area contributed by atoms with Crippen molar-refractivity contribution in [3.8, 4) is 11.3 Å². The van der Waals surface area contributed by atoms with E-state index in [1.54, 1.807) is 0 Å². The molecule has 1 fully saturated rings. The molecule has 28 heavy (non-hydrogen) atoms. The molecule has 6 nitrogen and oxygen atoms in total. The van der Waals surface area contributed by atoms with Crippen LogP contribution in [0.25, 0.3) is 11.3 Å². The summed E-state index contributed by atoms with van der Waals surface area (Å²) in [6.45, 7) is 10.9. The minimum absolute atomic E-state index is 0.337. The van der Waals surface area contributed by atoms with Crippen LogP contribution in [-0.2, 0) is 6.54 Å². The van der Waals surface area contributed by atoms with Crippen molar-refractivity contribution in [2.24, 2.45) is 0 Å². The molecule has 3 heterocycles. The number of nitrogens with zero attached hydrogens (tertiary/aromatic N) is 5. The zero-order valence-electron chi connectivity index (χ0n) is 16.8. The Morgan fingerprint density at radius 3 is 2.50 bits per heavy atom. The van der Waals surface area contributed by atoms with E-state index in [9.17, 15) is 0 Å². The normalized spacial score (nSPS) is 15.4. The van der Waals surface area contributed by atoms with Crippen LogP contribution < -0.4 is 4.90 Å². The van der Waals surface area contributed by atoms with Gasteiger partial charge in [-0.15, -0.1) is 0 Å². The van der Waals surface area contributed by atoms with Gasteiger partial charge in [-0.3, -0.25) is 4.90 Å². The maximum Gasteiger partial charge on any atom is 0.209 e. The SMILES string of the molecule is Cc1cc(N2CCN(Cc3ncc(-c4ccccc4)o3)CC2)nc(C(C)C)n1. The summed E-state index contributed by atoms with van der Waals surface area (Å²) in [5.74, 6) is 3.90. The van der Waals surface area contributed by atoms with E-state index >= 15 is 0 Å². The van der Waals surface area contributed by atoms with Crippen molar-refractivity contribution in [3.63, 3.8) is 0 Å². The molecule has 146 valence electrons. The Morgan fingerprint density at radius 2 is 1.79 bits per heavy atom. The number of piperazine rings is 1. The summed E-state index contributed by atoms with van der Waals surface area (Å²) >= 11 is 0. The highest BCUT2D eigenvalue weighted by atomic mass is 16.4. The zero-order chi connectivity index (χ0) is 19.5. The summed E-state index contributed by atoms with van der Waals surface area (Å²) in [4.78, 5) is 18.5. The molecular weight excluding hydrogens is 350 g/mol. The predicted octanol–water partition coefficient (Wildman–Crippen LogP) is 3.89. The second-order valence-electron chi connectivity index (χ2n) is 7.63. The highest BCUT2D eigenvalue weighted by Gasteiger charge is 2.21. The summed E-state index contributed by atoms with van der Waals surface area (Å²) in [6.07, 6.45) is 1.82. The number of benzene rings is 1. The van der Waals surface area contributed by atoms with Crippen LogP contribution in [0.1, 0.15) is 37.2 Å². The van der Waals surface area contributed by atoms with Gasteiger partial charge in [-0.1, -0.05) is 44.2 Å². The molecule has 0 atom stereocenters. The standard InChI is InChI=1S/C22H27N5O/c1-16(2)22-24-17(3)13-20(25-22)27-11-9-26(10-12-27)15-21-23-14-19(28-21)18-7-5-4-6-8-18/h4-8,13-14,16H,9-12,15H2,1-3H3. The number of hydrogen-bond donors (Lipinski definition) is 0. The summed E-state index contributed by atoms with van der Waals surface area (Å²) in [5.41, 5.74) is 2.09. The van der Waals surface area contributed by atoms with Gasteiger partial charge < -0.3 is 9.32 Å². The maximum atomic E-state index is 5.95. The van der Waals surface area contributed by atoms with E-state index in [0.29, 0.717) is 5.92 Å². The van der Waals surface area contributed by atoms with Crippen molar-refractivity contribution in [2.45, 2.75) is 33.2 Å². The van der Waals surface area contributed by atoms with Crippen LogP contribution in [0.3, 0.4) is 0 Å². The first kappa shape index (κ1) is 18.6. The van der Waals surface area contributed by atoms with Crippen molar-refractivity contribution < 1.29 is 4.42 Å². The van der Waals surface area contributed by atoms with Crippen molar-refractivity contribution >= 4 is 5.82 Å². The van der Waals surface area contributed by atoms with Crippen LogP contribution in [0.5, 0.6) is 0 Å². The fraction of sp³-hybridized carbons (Fsp3) is 0.409. The molecule has 1 aliphatic heterocycles. The van der Waals surface area contributed by atoms with E-state index < -0.39 is 0 Å². The lowest BCUT2D eigenvalue weighted by Crippen LogP contribution is -2.46. The molecule has 0 amide bonds. The van der Waals surface area contributed by atoms with Gasteiger partial charge in [0.2, 0.25) is 5.89 Å². The van der Waals surface area contributed by atoms with Crippen molar-refractivity contribution in [3.05, 3.63) is 60.0 Å². The van der Waals surface area contributed by atoms with Crippen LogP contribution in [0.4, 0.5) is 5.82 Å². The number of anilines is 1. The largest absolute Gasteiger partial charge is 0.439 e. The Morgan fingerprint density at radius 1 is 1.04 bits per heavy atom. The van der Waals surface area contributed by atoms with E-state index in [1.807, 2.05) is 43.5 Å². The van der Waals surface area contributed by atoms with Crippen LogP contribution in [0.15, 0.2) is 47.0 Å². The molecule has 0 spiro atoms. The highest BCUT2D eigenvalue weighted by molar-refractivity contribution is 5.55. The van der Waals surface area contributed by atoms with E-state index in [-0.39, 0.29) is 0 Å². The van der Waals surface area contributed by atoms with Gasteiger partial charge >= 0.3 is 0 Å². The van der Waals surface area contributed by atoms with Gasteiger partial charge in [0, 0.05) is 49.4 Å². The Labute approximate surface area is 166 Å². The Bertz CT molecular complexity index is 914. The third-order valence-electron chi connectivity index (χ3n) is 5.04. The molecule has 6 heteroatoms. The molecule has 0 unspecified atom stereocenters. The van der Waals surface area contributed by atoms with Crippen molar-refractivity contribution in [1.82, 2.24) is 19.9 Å². The molecule has 0 N–H and O–H groups in total. The van der Waals surface area contributed by atoms with Gasteiger partial charge in [0.15, 0.2) is 5.76 Å². The van der Waals surface area contributed by atoms with E-state index in [4.69, 9.17) is 9.40 Å². The van der Waals surface area contributed by atoms with Gasteiger partial charge in [0.1, 0.15) is 11.6 Å². The number of hydrogen-bond acceptors (Lipinski definition) is 6. The fourth-order valence-corrected chi connectivity index (χ4v) is 3.44. The van der Waals surface area contributed by atoms with Gasteiger partial charge in [0.25, 0.3) is 0 Å². The van der Waals surface area contributed by atoms with Crippen LogP contribution in [-0.4, -0.2) is 46.0 Å². The van der Waals surface area contributed by atoms with E-state index in [0.717, 1.165) is 67.3 Å². The Hall–Kier alpha value is -2.73. The van der Waals surface area contributed by atoms with Crippen LogP contribution in [0, 0.1) is 6.92 Å². The fourth-order valence-electron chi connectivity index (χ4n) is 3.44. The maximum absolute atomic E-state index is 5.95. The lowest BCUT2D eigenvalue weighted by Gasteiger charge is -2.35. The first-order chi connectivity index (χ1) is 13.6. The zero-order valence-corrected chi connectivity index (χ0v) is 16.8. The van der Waals surface area contributed by atoms with Gasteiger partial charge in [-0.05, 0) is 6.92 Å². The van der Waals surface area contributed by atoms with Crippen LogP contribution in [0.2, 0.25) is 0 Å². The summed E-state index contributed by atoms with van der Waals surface area (Å²) in [7, 11) is 0. The molecule has 2 aromatic heterocycles.